The highest BCUT2D eigenvalue weighted by molar-refractivity contribution is 5.79. The molecule has 1 fully saturated rings. The molecule has 1 saturated heterocycles. The van der Waals surface area contributed by atoms with Crippen molar-refractivity contribution in [1.29, 1.82) is 0 Å². The van der Waals surface area contributed by atoms with E-state index in [-0.39, 0.29) is 5.82 Å². The molecule has 1 heterocycles. The smallest absolute Gasteiger partial charge is 0.193 e. The number of benzene rings is 1. The monoisotopic (exact) mass is 394 g/mol. The molecule has 28 heavy (non-hydrogen) atoms. The van der Waals surface area contributed by atoms with E-state index in [1.165, 1.54) is 12.1 Å². The highest BCUT2D eigenvalue weighted by atomic mass is 19.1. The molecule has 158 valence electrons. The Labute approximate surface area is 168 Å². The van der Waals surface area contributed by atoms with Gasteiger partial charge in [0.15, 0.2) is 5.96 Å². The average Bonchev–Trinajstić information content (AvgIpc) is 2.71. The molecular weight excluding hydrogens is 359 g/mol. The number of likely N-dealkylation sites (tertiary alicyclic amines) is 1. The molecule has 0 aliphatic carbocycles. The Morgan fingerprint density at radius 3 is 2.61 bits per heavy atom. The second kappa shape index (κ2) is 12.7. The molecule has 0 unspecified atom stereocenters. The molecule has 6 nitrogen and oxygen atoms in total. The number of nitrogens with one attached hydrogen (secondary N) is 1. The highest BCUT2D eigenvalue weighted by Crippen LogP contribution is 2.14. The molecular formula is C21H35FN4O2. The highest BCUT2D eigenvalue weighted by Gasteiger charge is 2.21. The number of aliphatic imine (C=N–C) groups is 1. The lowest BCUT2D eigenvalue weighted by atomic mass is 10.1. The van der Waals surface area contributed by atoms with Crippen LogP contribution in [0.2, 0.25) is 0 Å². The zero-order chi connectivity index (χ0) is 20.2. The molecule has 2 rings (SSSR count). The summed E-state index contributed by atoms with van der Waals surface area (Å²) in [5, 5.41) is 3.46. The van der Waals surface area contributed by atoms with Gasteiger partial charge in [-0.25, -0.2) is 4.39 Å². The van der Waals surface area contributed by atoms with Gasteiger partial charge < -0.3 is 24.6 Å². The zero-order valence-corrected chi connectivity index (χ0v) is 17.5. The van der Waals surface area contributed by atoms with Crippen LogP contribution in [0.5, 0.6) is 0 Å². The molecule has 7 heteroatoms. The van der Waals surface area contributed by atoms with Crippen LogP contribution in [0.25, 0.3) is 0 Å². The molecule has 1 aromatic carbocycles. The van der Waals surface area contributed by atoms with Crippen LogP contribution in [-0.4, -0.2) is 82.5 Å². The number of ether oxygens (including phenoxy) is 2. The van der Waals surface area contributed by atoms with Crippen molar-refractivity contribution in [3.63, 3.8) is 0 Å². The Morgan fingerprint density at radius 1 is 1.25 bits per heavy atom. The molecule has 0 aromatic heterocycles. The number of rotatable bonds is 10. The number of halogens is 1. The van der Waals surface area contributed by atoms with Crippen molar-refractivity contribution in [2.45, 2.75) is 31.9 Å². The van der Waals surface area contributed by atoms with Crippen molar-refractivity contribution in [2.75, 3.05) is 60.6 Å². The number of guanidine groups is 1. The van der Waals surface area contributed by atoms with Gasteiger partial charge in [0.05, 0.1) is 6.10 Å². The van der Waals surface area contributed by atoms with E-state index in [4.69, 9.17) is 9.47 Å². The summed E-state index contributed by atoms with van der Waals surface area (Å²) in [4.78, 5) is 8.94. The Kier molecular flexibility index (Phi) is 10.2. The Hall–Kier alpha value is -1.70. The van der Waals surface area contributed by atoms with Crippen molar-refractivity contribution in [1.82, 2.24) is 15.1 Å². The van der Waals surface area contributed by atoms with Gasteiger partial charge in [0.1, 0.15) is 5.82 Å². The van der Waals surface area contributed by atoms with Gasteiger partial charge in [0.2, 0.25) is 0 Å². The van der Waals surface area contributed by atoms with E-state index in [9.17, 15) is 4.39 Å². The Bertz CT molecular complexity index is 574. The van der Waals surface area contributed by atoms with Gasteiger partial charge in [0, 0.05) is 60.1 Å². The first-order chi connectivity index (χ1) is 13.6. The SMILES string of the molecule is CN=C(NCCN(C)Cc1ccc(F)cc1)N1CCC(OCCCOC)CC1. The predicted octanol–water partition coefficient (Wildman–Crippen LogP) is 2.35. The minimum Gasteiger partial charge on any atom is -0.385 e. The molecule has 1 aliphatic heterocycles. The van der Waals surface area contributed by atoms with Crippen molar-refractivity contribution in [2.24, 2.45) is 4.99 Å². The number of methoxy groups -OCH3 is 1. The van der Waals surface area contributed by atoms with Gasteiger partial charge >= 0.3 is 0 Å². The molecule has 1 aromatic rings. The normalized spacial score (nSPS) is 16.0. The summed E-state index contributed by atoms with van der Waals surface area (Å²) in [5.41, 5.74) is 1.11. The van der Waals surface area contributed by atoms with E-state index in [0.29, 0.717) is 6.10 Å². The quantitative estimate of drug-likeness (QED) is 0.375. The van der Waals surface area contributed by atoms with Gasteiger partial charge in [-0.2, -0.15) is 0 Å². The lowest BCUT2D eigenvalue weighted by Gasteiger charge is -2.34. The second-order valence-corrected chi connectivity index (χ2v) is 7.24. The van der Waals surface area contributed by atoms with Crippen LogP contribution in [0.15, 0.2) is 29.3 Å². The summed E-state index contributed by atoms with van der Waals surface area (Å²) in [6.07, 6.45) is 3.34. The molecule has 1 N–H and O–H groups in total. The Morgan fingerprint density at radius 2 is 1.96 bits per heavy atom. The first kappa shape index (κ1) is 22.6. The van der Waals surface area contributed by atoms with E-state index in [1.54, 1.807) is 7.11 Å². The number of hydrogen-bond donors (Lipinski definition) is 1. The van der Waals surface area contributed by atoms with Gasteiger partial charge in [0.25, 0.3) is 0 Å². The number of piperidine rings is 1. The maximum atomic E-state index is 13.0. The van der Waals surface area contributed by atoms with E-state index < -0.39 is 0 Å². The summed E-state index contributed by atoms with van der Waals surface area (Å²) in [6.45, 7) is 5.94. The molecule has 1 aliphatic rings. The van der Waals surface area contributed by atoms with Gasteiger partial charge in [-0.3, -0.25) is 4.99 Å². The molecule has 0 atom stereocenters. The Balaban J connectivity index is 1.64. The fourth-order valence-electron chi connectivity index (χ4n) is 3.36. The first-order valence-electron chi connectivity index (χ1n) is 10.1. The van der Waals surface area contributed by atoms with E-state index in [0.717, 1.165) is 76.7 Å². The van der Waals surface area contributed by atoms with Crippen molar-refractivity contribution in [3.05, 3.63) is 35.6 Å². The largest absolute Gasteiger partial charge is 0.385 e. The minimum absolute atomic E-state index is 0.194. The zero-order valence-electron chi connectivity index (χ0n) is 17.5. The fourth-order valence-corrected chi connectivity index (χ4v) is 3.36. The van der Waals surface area contributed by atoms with Crippen LogP contribution in [0, 0.1) is 5.82 Å². The first-order valence-corrected chi connectivity index (χ1v) is 10.1. The summed E-state index contributed by atoms with van der Waals surface area (Å²) in [5.74, 6) is 0.758. The molecule has 0 saturated carbocycles. The number of nitrogens with zero attached hydrogens (tertiary/aromatic N) is 3. The third-order valence-electron chi connectivity index (χ3n) is 4.94. The van der Waals surface area contributed by atoms with E-state index in [1.807, 2.05) is 19.2 Å². The third kappa shape index (κ3) is 8.12. The number of hydrogen-bond acceptors (Lipinski definition) is 4. The standard InChI is InChI=1S/C21H35FN4O2/c1-23-21(26-12-9-20(10-13-26)28-16-4-15-27-3)24-11-14-25(2)17-18-5-7-19(22)8-6-18/h5-8,20H,4,9-17H2,1-3H3,(H,23,24). The van der Waals surface area contributed by atoms with Crippen LogP contribution < -0.4 is 5.32 Å². The van der Waals surface area contributed by atoms with Crippen LogP contribution in [-0.2, 0) is 16.0 Å². The van der Waals surface area contributed by atoms with Crippen LogP contribution in [0.1, 0.15) is 24.8 Å². The lowest BCUT2D eigenvalue weighted by molar-refractivity contribution is 0.00990. The van der Waals surface area contributed by atoms with Gasteiger partial charge in [-0.1, -0.05) is 12.1 Å². The van der Waals surface area contributed by atoms with Crippen LogP contribution in [0.4, 0.5) is 4.39 Å². The summed E-state index contributed by atoms with van der Waals surface area (Å²) in [6, 6.07) is 6.68. The van der Waals surface area contributed by atoms with Crippen LogP contribution in [0.3, 0.4) is 0 Å². The summed E-state index contributed by atoms with van der Waals surface area (Å²) >= 11 is 0. The average molecular weight is 395 g/mol. The summed E-state index contributed by atoms with van der Waals surface area (Å²) < 4.78 is 24.0. The molecule has 0 bridgehead atoms. The van der Waals surface area contributed by atoms with E-state index >= 15 is 0 Å². The maximum absolute atomic E-state index is 13.0. The molecule has 0 amide bonds. The topological polar surface area (TPSA) is 49.3 Å². The second-order valence-electron chi connectivity index (χ2n) is 7.24. The fraction of sp³-hybridized carbons (Fsp3) is 0.667. The maximum Gasteiger partial charge on any atom is 0.193 e. The minimum atomic E-state index is -0.194. The van der Waals surface area contributed by atoms with Crippen LogP contribution >= 0.6 is 0 Å². The third-order valence-corrected chi connectivity index (χ3v) is 4.94. The lowest BCUT2D eigenvalue weighted by Crippen LogP contribution is -2.48. The molecule has 0 radical (unpaired) electrons. The van der Waals surface area contributed by atoms with Gasteiger partial charge in [-0.05, 0) is 44.0 Å². The van der Waals surface area contributed by atoms with E-state index in [2.05, 4.69) is 27.2 Å². The number of likely N-dealkylation sites (N-methyl/N-ethyl adjacent to an activating group) is 1. The van der Waals surface area contributed by atoms with Crippen molar-refractivity contribution >= 4 is 5.96 Å². The summed E-state index contributed by atoms with van der Waals surface area (Å²) in [7, 11) is 5.62. The van der Waals surface area contributed by atoms with Gasteiger partial charge in [-0.15, -0.1) is 0 Å². The predicted molar refractivity (Wildman–Crippen MR) is 111 cm³/mol. The molecule has 0 spiro atoms. The van der Waals surface area contributed by atoms with Crippen molar-refractivity contribution < 1.29 is 13.9 Å². The van der Waals surface area contributed by atoms with Crippen molar-refractivity contribution in [3.8, 4) is 0 Å².